The first-order valence-electron chi connectivity index (χ1n) is 9.70. The highest BCUT2D eigenvalue weighted by Crippen LogP contribution is 2.30. The lowest BCUT2D eigenvalue weighted by Crippen LogP contribution is -2.14. The van der Waals surface area contributed by atoms with Crippen molar-refractivity contribution < 1.29 is 17.9 Å². The quantitative estimate of drug-likeness (QED) is 0.448. The van der Waals surface area contributed by atoms with Gasteiger partial charge in [-0.1, -0.05) is 12.1 Å². The molecule has 0 saturated heterocycles. The fourth-order valence-electron chi connectivity index (χ4n) is 3.04. The lowest BCUT2D eigenvalue weighted by molar-refractivity contribution is 0.317. The fourth-order valence-corrected chi connectivity index (χ4v) is 4.22. The van der Waals surface area contributed by atoms with E-state index in [-0.39, 0.29) is 10.6 Å². The Bertz CT molecular complexity index is 1300. The molecule has 31 heavy (non-hydrogen) atoms. The summed E-state index contributed by atoms with van der Waals surface area (Å²) in [4.78, 5) is 0.0432. The summed E-state index contributed by atoms with van der Waals surface area (Å²) in [7, 11) is -3.86. The number of rotatable bonds is 8. The molecule has 0 bridgehead atoms. The van der Waals surface area contributed by atoms with Crippen LogP contribution in [0.3, 0.4) is 0 Å². The van der Waals surface area contributed by atoms with Crippen molar-refractivity contribution in [3.63, 3.8) is 0 Å². The number of hydrogen-bond donors (Lipinski definition) is 1. The fraction of sp³-hybridized carbons (Fsp3) is 0.190. The third-order valence-electron chi connectivity index (χ3n) is 4.41. The lowest BCUT2D eigenvalue weighted by Gasteiger charge is -2.14. The molecule has 0 unspecified atom stereocenters. The molecule has 0 aliphatic carbocycles. The summed E-state index contributed by atoms with van der Waals surface area (Å²) in [5, 5.41) is 12.2. The van der Waals surface area contributed by atoms with Gasteiger partial charge in [-0.25, -0.2) is 8.42 Å². The predicted molar refractivity (Wildman–Crippen MR) is 116 cm³/mol. The molecule has 0 aliphatic rings. The van der Waals surface area contributed by atoms with Crippen LogP contribution >= 0.6 is 0 Å². The predicted octanol–water partition coefficient (Wildman–Crippen LogP) is 3.39. The summed E-state index contributed by atoms with van der Waals surface area (Å²) in [5.41, 5.74) is 2.61. The molecule has 0 saturated carbocycles. The summed E-state index contributed by atoms with van der Waals surface area (Å²) >= 11 is 0. The van der Waals surface area contributed by atoms with Gasteiger partial charge in [0.2, 0.25) is 0 Å². The number of benzene rings is 2. The van der Waals surface area contributed by atoms with E-state index in [4.69, 9.17) is 9.47 Å². The molecule has 4 aromatic rings. The molecule has 10 heteroatoms. The van der Waals surface area contributed by atoms with Crippen LogP contribution in [0, 0.1) is 0 Å². The molecule has 0 spiro atoms. The van der Waals surface area contributed by atoms with Crippen molar-refractivity contribution in [2.75, 3.05) is 17.9 Å². The maximum absolute atomic E-state index is 13.0. The highest BCUT2D eigenvalue weighted by atomic mass is 32.2. The van der Waals surface area contributed by atoms with Gasteiger partial charge in [0.1, 0.15) is 22.7 Å². The van der Waals surface area contributed by atoms with Crippen LogP contribution in [0.1, 0.15) is 13.8 Å². The van der Waals surface area contributed by atoms with Crippen molar-refractivity contribution in [3.8, 4) is 22.8 Å². The second kappa shape index (κ2) is 8.60. The second-order valence-electron chi connectivity index (χ2n) is 6.51. The minimum Gasteiger partial charge on any atom is -0.494 e. The summed E-state index contributed by atoms with van der Waals surface area (Å²) in [6, 6.07) is 15.2. The third kappa shape index (κ3) is 4.43. The van der Waals surface area contributed by atoms with Crippen molar-refractivity contribution in [3.05, 3.63) is 60.9 Å². The van der Waals surface area contributed by atoms with Gasteiger partial charge in [0.15, 0.2) is 5.65 Å². The molecule has 0 aliphatic heterocycles. The molecule has 4 rings (SSSR count). The molecule has 2 aromatic carbocycles. The van der Waals surface area contributed by atoms with E-state index in [1.54, 1.807) is 47.8 Å². The highest BCUT2D eigenvalue weighted by Gasteiger charge is 2.21. The Morgan fingerprint density at radius 1 is 0.968 bits per heavy atom. The average molecular weight is 439 g/mol. The van der Waals surface area contributed by atoms with Crippen LogP contribution < -0.4 is 14.2 Å². The zero-order chi connectivity index (χ0) is 21.8. The molecular formula is C21H21N5O4S. The molecule has 2 heterocycles. The van der Waals surface area contributed by atoms with Crippen LogP contribution in [0.15, 0.2) is 65.8 Å². The van der Waals surface area contributed by atoms with E-state index in [2.05, 4.69) is 20.0 Å². The van der Waals surface area contributed by atoms with Crippen LogP contribution in [-0.2, 0) is 10.0 Å². The summed E-state index contributed by atoms with van der Waals surface area (Å²) in [5.74, 6) is 0.788. The average Bonchev–Trinajstić information content (AvgIpc) is 3.22. The van der Waals surface area contributed by atoms with Crippen LogP contribution in [0.5, 0.6) is 11.5 Å². The third-order valence-corrected chi connectivity index (χ3v) is 5.83. The molecule has 0 atom stereocenters. The number of nitrogens with zero attached hydrogens (tertiary/aromatic N) is 4. The molecule has 2 aromatic heterocycles. The maximum Gasteiger partial charge on any atom is 0.265 e. The SMILES string of the molecule is CCOc1ccc(S(=O)(=O)Nc2ccc(-c3ccc4nncn4n3)cc2)c(OCC)c1. The zero-order valence-corrected chi connectivity index (χ0v) is 17.8. The Balaban J connectivity index is 1.58. The molecule has 1 N–H and O–H groups in total. The Hall–Kier alpha value is -3.66. The first-order valence-corrected chi connectivity index (χ1v) is 11.2. The van der Waals surface area contributed by atoms with Gasteiger partial charge in [-0.15, -0.1) is 10.2 Å². The number of sulfonamides is 1. The standard InChI is InChI=1S/C21H21N5O4S/c1-3-29-17-9-11-20(19(13-17)30-4-2)31(27,28)25-16-7-5-15(6-8-16)18-10-12-21-23-22-14-26(21)24-18/h5-14,25H,3-4H2,1-2H3. The molecule has 0 amide bonds. The van der Waals surface area contributed by atoms with E-state index in [1.807, 2.05) is 19.1 Å². The first kappa shape index (κ1) is 20.6. The molecule has 0 fully saturated rings. The Labute approximate surface area is 179 Å². The summed E-state index contributed by atoms with van der Waals surface area (Å²) < 4.78 is 41.1. The van der Waals surface area contributed by atoms with Gasteiger partial charge < -0.3 is 9.47 Å². The van der Waals surface area contributed by atoms with E-state index < -0.39 is 10.0 Å². The number of anilines is 1. The van der Waals surface area contributed by atoms with Crippen LogP contribution in [0.4, 0.5) is 5.69 Å². The Morgan fingerprint density at radius 2 is 1.74 bits per heavy atom. The van der Waals surface area contributed by atoms with Gasteiger partial charge in [-0.05, 0) is 50.2 Å². The number of aromatic nitrogens is 4. The van der Waals surface area contributed by atoms with Crippen molar-refractivity contribution >= 4 is 21.4 Å². The van der Waals surface area contributed by atoms with Crippen molar-refractivity contribution in [2.24, 2.45) is 0 Å². The number of nitrogens with one attached hydrogen (secondary N) is 1. The largest absolute Gasteiger partial charge is 0.494 e. The monoisotopic (exact) mass is 439 g/mol. The Kier molecular flexibility index (Phi) is 5.72. The van der Waals surface area contributed by atoms with E-state index in [0.717, 1.165) is 5.56 Å². The summed E-state index contributed by atoms with van der Waals surface area (Å²) in [6.07, 6.45) is 1.52. The summed E-state index contributed by atoms with van der Waals surface area (Å²) in [6.45, 7) is 4.45. The van der Waals surface area contributed by atoms with Crippen molar-refractivity contribution in [1.29, 1.82) is 0 Å². The lowest BCUT2D eigenvalue weighted by atomic mass is 10.1. The highest BCUT2D eigenvalue weighted by molar-refractivity contribution is 7.92. The molecule has 0 radical (unpaired) electrons. The maximum atomic E-state index is 13.0. The molecular weight excluding hydrogens is 418 g/mol. The minimum absolute atomic E-state index is 0.0432. The topological polar surface area (TPSA) is 108 Å². The first-order chi connectivity index (χ1) is 15.0. The van der Waals surface area contributed by atoms with Crippen molar-refractivity contribution in [2.45, 2.75) is 18.7 Å². The van der Waals surface area contributed by atoms with E-state index >= 15 is 0 Å². The van der Waals surface area contributed by atoms with Gasteiger partial charge in [0.25, 0.3) is 10.0 Å². The van der Waals surface area contributed by atoms with Gasteiger partial charge in [-0.3, -0.25) is 4.72 Å². The number of fused-ring (bicyclic) bond motifs is 1. The molecule has 160 valence electrons. The Morgan fingerprint density at radius 3 is 2.48 bits per heavy atom. The number of ether oxygens (including phenoxy) is 2. The normalized spacial score (nSPS) is 11.4. The van der Waals surface area contributed by atoms with Crippen LogP contribution in [0.25, 0.3) is 16.9 Å². The van der Waals surface area contributed by atoms with E-state index in [0.29, 0.717) is 36.0 Å². The van der Waals surface area contributed by atoms with E-state index in [1.165, 1.54) is 12.4 Å². The smallest absolute Gasteiger partial charge is 0.265 e. The minimum atomic E-state index is -3.86. The van der Waals surface area contributed by atoms with Gasteiger partial charge in [0.05, 0.1) is 18.9 Å². The number of hydrogen-bond acceptors (Lipinski definition) is 7. The zero-order valence-electron chi connectivity index (χ0n) is 17.0. The van der Waals surface area contributed by atoms with Crippen molar-refractivity contribution in [1.82, 2.24) is 19.8 Å². The van der Waals surface area contributed by atoms with Crippen LogP contribution in [-0.4, -0.2) is 41.4 Å². The van der Waals surface area contributed by atoms with Gasteiger partial charge in [0, 0.05) is 17.3 Å². The second-order valence-corrected chi connectivity index (χ2v) is 8.16. The van der Waals surface area contributed by atoms with Gasteiger partial charge >= 0.3 is 0 Å². The van der Waals surface area contributed by atoms with Gasteiger partial charge in [-0.2, -0.15) is 9.61 Å². The molecule has 9 nitrogen and oxygen atoms in total. The van der Waals surface area contributed by atoms with Crippen LogP contribution in [0.2, 0.25) is 0 Å². The van der Waals surface area contributed by atoms with E-state index in [9.17, 15) is 8.42 Å².